The first-order valence-electron chi connectivity index (χ1n) is 7.52. The van der Waals surface area contributed by atoms with E-state index < -0.39 is 0 Å². The number of carbonyl (C=O) groups excluding carboxylic acids is 1. The summed E-state index contributed by atoms with van der Waals surface area (Å²) < 4.78 is 0.731. The van der Waals surface area contributed by atoms with E-state index in [0.717, 1.165) is 24.0 Å². The van der Waals surface area contributed by atoms with Crippen LogP contribution in [0.5, 0.6) is 0 Å². The maximum absolute atomic E-state index is 12.1. The first kappa shape index (κ1) is 18.0. The van der Waals surface area contributed by atoms with Gasteiger partial charge in [0.2, 0.25) is 0 Å². The topological polar surface area (TPSA) is 32.3 Å². The number of hydrogen-bond acceptors (Lipinski definition) is 2. The fourth-order valence-corrected chi connectivity index (χ4v) is 2.88. The number of hydrogen-bond donors (Lipinski definition) is 1. The molecule has 1 N–H and O–H groups in total. The highest BCUT2D eigenvalue weighted by Gasteiger charge is 2.11. The molecule has 0 bridgehead atoms. The average molecular weight is 396 g/mol. The second-order valence-electron chi connectivity index (χ2n) is 5.43. The van der Waals surface area contributed by atoms with Crippen LogP contribution < -0.4 is 5.32 Å². The quantitative estimate of drug-likeness (QED) is 0.707. The number of benzene rings is 2. The summed E-state index contributed by atoms with van der Waals surface area (Å²) >= 11 is 9.45. The lowest BCUT2D eigenvalue weighted by atomic mass is 10.2. The number of nitrogens with zero attached hydrogens (tertiary/aromatic N) is 1. The Morgan fingerprint density at radius 3 is 2.65 bits per heavy atom. The molecule has 0 aliphatic heterocycles. The number of carbonyl (C=O) groups is 1. The SMILES string of the molecule is CN(CCCNC(=O)c1cccc(Br)c1Cl)Cc1ccccc1. The molecule has 0 spiro atoms. The van der Waals surface area contributed by atoms with E-state index in [4.69, 9.17) is 11.6 Å². The summed E-state index contributed by atoms with van der Waals surface area (Å²) in [5.74, 6) is -0.137. The van der Waals surface area contributed by atoms with Gasteiger partial charge in [-0.1, -0.05) is 48.0 Å². The Labute approximate surface area is 150 Å². The molecule has 0 radical (unpaired) electrons. The number of nitrogens with one attached hydrogen (secondary N) is 1. The van der Waals surface area contributed by atoms with Gasteiger partial charge in [-0.15, -0.1) is 0 Å². The van der Waals surface area contributed by atoms with Crippen molar-refractivity contribution in [1.29, 1.82) is 0 Å². The number of amides is 1. The van der Waals surface area contributed by atoms with Gasteiger partial charge < -0.3 is 10.2 Å². The molecule has 122 valence electrons. The molecule has 0 atom stereocenters. The zero-order chi connectivity index (χ0) is 16.7. The van der Waals surface area contributed by atoms with Crippen LogP contribution in [0, 0.1) is 0 Å². The molecular formula is C18H20BrClN2O. The monoisotopic (exact) mass is 394 g/mol. The maximum atomic E-state index is 12.1. The third kappa shape index (κ3) is 5.65. The van der Waals surface area contributed by atoms with Crippen molar-refractivity contribution in [3.05, 3.63) is 69.2 Å². The zero-order valence-electron chi connectivity index (χ0n) is 13.1. The highest BCUT2D eigenvalue weighted by molar-refractivity contribution is 9.10. The van der Waals surface area contributed by atoms with Crippen molar-refractivity contribution in [1.82, 2.24) is 10.2 Å². The third-order valence-electron chi connectivity index (χ3n) is 3.49. The van der Waals surface area contributed by atoms with Crippen LogP contribution in [0.1, 0.15) is 22.3 Å². The van der Waals surface area contributed by atoms with Crippen LogP contribution in [0.2, 0.25) is 5.02 Å². The van der Waals surface area contributed by atoms with Crippen LogP contribution in [0.25, 0.3) is 0 Å². The van der Waals surface area contributed by atoms with Crippen LogP contribution in [0.15, 0.2) is 53.0 Å². The largest absolute Gasteiger partial charge is 0.352 e. The Morgan fingerprint density at radius 1 is 1.17 bits per heavy atom. The summed E-state index contributed by atoms with van der Waals surface area (Å²) in [4.78, 5) is 14.4. The highest BCUT2D eigenvalue weighted by atomic mass is 79.9. The predicted molar refractivity (Wildman–Crippen MR) is 98.9 cm³/mol. The molecule has 0 aromatic heterocycles. The van der Waals surface area contributed by atoms with Crippen LogP contribution in [-0.2, 0) is 6.54 Å². The lowest BCUT2D eigenvalue weighted by Crippen LogP contribution is -2.28. The van der Waals surface area contributed by atoms with Crippen molar-refractivity contribution in [2.75, 3.05) is 20.1 Å². The molecule has 2 rings (SSSR count). The van der Waals surface area contributed by atoms with Gasteiger partial charge in [-0.25, -0.2) is 0 Å². The van der Waals surface area contributed by atoms with Crippen molar-refractivity contribution in [3.63, 3.8) is 0 Å². The smallest absolute Gasteiger partial charge is 0.252 e. The minimum Gasteiger partial charge on any atom is -0.352 e. The second-order valence-corrected chi connectivity index (χ2v) is 6.67. The Bertz CT molecular complexity index is 649. The number of rotatable bonds is 7. The summed E-state index contributed by atoms with van der Waals surface area (Å²) in [6, 6.07) is 15.7. The van der Waals surface area contributed by atoms with Crippen molar-refractivity contribution < 1.29 is 4.79 Å². The van der Waals surface area contributed by atoms with E-state index in [1.165, 1.54) is 5.56 Å². The molecule has 0 saturated carbocycles. The molecule has 0 fully saturated rings. The summed E-state index contributed by atoms with van der Waals surface area (Å²) in [6.07, 6.45) is 0.890. The van der Waals surface area contributed by atoms with Crippen molar-refractivity contribution in [2.45, 2.75) is 13.0 Å². The Kier molecular flexibility index (Phi) is 7.09. The van der Waals surface area contributed by atoms with Gasteiger partial charge in [-0.05, 0) is 53.6 Å². The third-order valence-corrected chi connectivity index (χ3v) is 4.79. The highest BCUT2D eigenvalue weighted by Crippen LogP contribution is 2.25. The standard InChI is InChI=1S/C18H20BrClN2O/c1-22(13-14-7-3-2-4-8-14)12-6-11-21-18(23)15-9-5-10-16(19)17(15)20/h2-5,7-10H,6,11-13H2,1H3,(H,21,23). The van der Waals surface area contributed by atoms with Crippen molar-refractivity contribution in [2.24, 2.45) is 0 Å². The molecule has 5 heteroatoms. The van der Waals surface area contributed by atoms with Gasteiger partial charge in [-0.2, -0.15) is 0 Å². The van der Waals surface area contributed by atoms with E-state index in [2.05, 4.69) is 45.3 Å². The predicted octanol–water partition coefficient (Wildman–Crippen LogP) is 4.35. The fourth-order valence-electron chi connectivity index (χ4n) is 2.30. The van der Waals surface area contributed by atoms with Crippen LogP contribution in [-0.4, -0.2) is 30.9 Å². The molecule has 0 aliphatic rings. The molecule has 2 aromatic carbocycles. The minimum absolute atomic E-state index is 0.137. The maximum Gasteiger partial charge on any atom is 0.252 e. The summed E-state index contributed by atoms with van der Waals surface area (Å²) in [5, 5.41) is 3.37. The lowest BCUT2D eigenvalue weighted by Gasteiger charge is -2.16. The first-order chi connectivity index (χ1) is 11.1. The molecule has 0 aliphatic carbocycles. The van der Waals surface area contributed by atoms with Gasteiger partial charge in [0.1, 0.15) is 0 Å². The van der Waals surface area contributed by atoms with Crippen LogP contribution in [0.3, 0.4) is 0 Å². The van der Waals surface area contributed by atoms with Crippen molar-refractivity contribution in [3.8, 4) is 0 Å². The van der Waals surface area contributed by atoms with E-state index in [1.54, 1.807) is 12.1 Å². The summed E-state index contributed by atoms with van der Waals surface area (Å²) in [5.41, 5.74) is 1.79. The van der Waals surface area contributed by atoms with E-state index in [-0.39, 0.29) is 5.91 Å². The van der Waals surface area contributed by atoms with Gasteiger partial charge in [0.15, 0.2) is 0 Å². The molecule has 0 unspecified atom stereocenters. The van der Waals surface area contributed by atoms with E-state index in [0.29, 0.717) is 17.1 Å². The molecule has 3 nitrogen and oxygen atoms in total. The van der Waals surface area contributed by atoms with Crippen LogP contribution >= 0.6 is 27.5 Å². The molecule has 23 heavy (non-hydrogen) atoms. The molecule has 0 heterocycles. The average Bonchev–Trinajstić information content (AvgIpc) is 2.55. The van der Waals surface area contributed by atoms with Gasteiger partial charge in [-0.3, -0.25) is 4.79 Å². The first-order valence-corrected chi connectivity index (χ1v) is 8.69. The Hall–Kier alpha value is -1.36. The second kappa shape index (κ2) is 9.06. The van der Waals surface area contributed by atoms with Gasteiger partial charge in [0, 0.05) is 17.6 Å². The zero-order valence-corrected chi connectivity index (χ0v) is 15.4. The summed E-state index contributed by atoms with van der Waals surface area (Å²) in [6.45, 7) is 2.45. The van der Waals surface area contributed by atoms with Gasteiger partial charge in [0.25, 0.3) is 5.91 Å². The summed E-state index contributed by atoms with van der Waals surface area (Å²) in [7, 11) is 2.08. The van der Waals surface area contributed by atoms with Gasteiger partial charge >= 0.3 is 0 Å². The number of halogens is 2. The van der Waals surface area contributed by atoms with E-state index in [9.17, 15) is 4.79 Å². The van der Waals surface area contributed by atoms with Crippen molar-refractivity contribution >= 4 is 33.4 Å². The molecule has 0 saturated heterocycles. The Morgan fingerprint density at radius 2 is 1.91 bits per heavy atom. The fraction of sp³-hybridized carbons (Fsp3) is 0.278. The Balaban J connectivity index is 1.72. The van der Waals surface area contributed by atoms with Crippen LogP contribution in [0.4, 0.5) is 0 Å². The van der Waals surface area contributed by atoms with E-state index in [1.807, 2.05) is 24.3 Å². The normalized spacial score (nSPS) is 10.8. The minimum atomic E-state index is -0.137. The molecule has 2 aromatic rings. The van der Waals surface area contributed by atoms with E-state index >= 15 is 0 Å². The molecule has 1 amide bonds. The van der Waals surface area contributed by atoms with Gasteiger partial charge in [0.05, 0.1) is 10.6 Å². The lowest BCUT2D eigenvalue weighted by molar-refractivity contribution is 0.0952. The molecular weight excluding hydrogens is 376 g/mol.